The Labute approximate surface area is 88.7 Å². The molecule has 2 heteroatoms. The van der Waals surface area contributed by atoms with Crippen molar-refractivity contribution in [3.8, 4) is 0 Å². The minimum Gasteiger partial charge on any atom is -0.371 e. The van der Waals surface area contributed by atoms with Crippen molar-refractivity contribution in [1.29, 1.82) is 0 Å². The second-order valence-electron chi connectivity index (χ2n) is 4.69. The normalized spacial score (nSPS) is 12.1. The van der Waals surface area contributed by atoms with Crippen LogP contribution in [0.1, 0.15) is 41.0 Å². The molecule has 0 saturated heterocycles. The molecule has 0 aliphatic carbocycles. The van der Waals surface area contributed by atoms with E-state index in [9.17, 15) is 0 Å². The summed E-state index contributed by atoms with van der Waals surface area (Å²) in [6, 6.07) is 0.505. The van der Waals surface area contributed by atoms with E-state index < -0.39 is 0 Å². The molecule has 0 radical (unpaired) electrons. The van der Waals surface area contributed by atoms with E-state index in [1.165, 1.54) is 0 Å². The zero-order chi connectivity index (χ0) is 11.2. The molecule has 0 rings (SSSR count). The van der Waals surface area contributed by atoms with Crippen LogP contribution in [0.3, 0.4) is 0 Å². The minimum absolute atomic E-state index is 0.0270. The molecule has 0 aromatic heterocycles. The summed E-state index contributed by atoms with van der Waals surface area (Å²) in [4.78, 5) is 0. The Morgan fingerprint density at radius 1 is 1.43 bits per heavy atom. The van der Waals surface area contributed by atoms with Gasteiger partial charge >= 0.3 is 0 Å². The number of nitrogens with one attached hydrogen (secondary N) is 1. The van der Waals surface area contributed by atoms with E-state index >= 15 is 0 Å². The zero-order valence-electron chi connectivity index (χ0n) is 10.3. The van der Waals surface area contributed by atoms with E-state index in [-0.39, 0.29) is 5.60 Å². The molecule has 0 heterocycles. The van der Waals surface area contributed by atoms with Crippen molar-refractivity contribution in [2.75, 3.05) is 13.2 Å². The van der Waals surface area contributed by atoms with Crippen LogP contribution in [0.5, 0.6) is 0 Å². The molecule has 0 bridgehead atoms. The highest BCUT2D eigenvalue weighted by molar-refractivity contribution is 4.97. The lowest BCUT2D eigenvalue weighted by molar-refractivity contribution is -0.00748. The van der Waals surface area contributed by atoms with Gasteiger partial charge in [0.2, 0.25) is 0 Å². The van der Waals surface area contributed by atoms with Crippen molar-refractivity contribution in [2.24, 2.45) is 0 Å². The molecule has 0 aromatic rings. The highest BCUT2D eigenvalue weighted by Gasteiger charge is 2.15. The summed E-state index contributed by atoms with van der Waals surface area (Å²) in [5.41, 5.74) is 1.08. The Morgan fingerprint density at radius 2 is 2.00 bits per heavy atom. The second kappa shape index (κ2) is 6.20. The molecule has 84 valence electrons. The summed E-state index contributed by atoms with van der Waals surface area (Å²) in [5, 5.41) is 3.32. The van der Waals surface area contributed by atoms with Gasteiger partial charge in [-0.15, -0.1) is 0 Å². The highest BCUT2D eigenvalue weighted by atomic mass is 16.5. The summed E-state index contributed by atoms with van der Waals surface area (Å²) in [6.07, 6.45) is 1.03. The minimum atomic E-state index is -0.0270. The second-order valence-corrected chi connectivity index (χ2v) is 4.69. The third-order valence-corrected chi connectivity index (χ3v) is 2.28. The summed E-state index contributed by atoms with van der Waals surface area (Å²) >= 11 is 0. The lowest BCUT2D eigenvalue weighted by atomic mass is 10.1. The lowest BCUT2D eigenvalue weighted by Gasteiger charge is -2.24. The molecule has 0 saturated carbocycles. The first-order chi connectivity index (χ1) is 6.37. The number of ether oxygens (including phenoxy) is 1. The Bertz CT molecular complexity index is 173. The van der Waals surface area contributed by atoms with Crippen LogP contribution in [0.25, 0.3) is 0 Å². The fourth-order valence-electron chi connectivity index (χ4n) is 0.799. The van der Waals surface area contributed by atoms with Gasteiger partial charge in [-0.2, -0.15) is 0 Å². The lowest BCUT2D eigenvalue weighted by Crippen LogP contribution is -2.29. The molecule has 0 amide bonds. The van der Waals surface area contributed by atoms with Crippen LogP contribution in [0.4, 0.5) is 0 Å². The Kier molecular flexibility index (Phi) is 6.05. The third kappa shape index (κ3) is 7.10. The molecule has 0 aliphatic rings. The van der Waals surface area contributed by atoms with Crippen LogP contribution in [0.2, 0.25) is 0 Å². The van der Waals surface area contributed by atoms with Crippen molar-refractivity contribution in [2.45, 2.75) is 52.7 Å². The van der Waals surface area contributed by atoms with E-state index in [0.717, 1.165) is 18.5 Å². The maximum absolute atomic E-state index is 5.73. The van der Waals surface area contributed by atoms with Gasteiger partial charge < -0.3 is 10.1 Å². The number of rotatable bonds is 7. The van der Waals surface area contributed by atoms with Crippen molar-refractivity contribution in [3.63, 3.8) is 0 Å². The monoisotopic (exact) mass is 199 g/mol. The fourth-order valence-corrected chi connectivity index (χ4v) is 0.799. The van der Waals surface area contributed by atoms with Gasteiger partial charge in [-0.25, -0.2) is 0 Å². The quantitative estimate of drug-likeness (QED) is 0.637. The molecule has 1 N–H and O–H groups in total. The topological polar surface area (TPSA) is 21.3 Å². The van der Waals surface area contributed by atoms with E-state index in [4.69, 9.17) is 4.74 Å². The molecular formula is C12H25NO. The average molecular weight is 199 g/mol. The SMILES string of the molecule is C=C(CNC(C)C)COC(C)(C)CC. The molecule has 0 atom stereocenters. The van der Waals surface area contributed by atoms with Gasteiger partial charge in [0.25, 0.3) is 0 Å². The van der Waals surface area contributed by atoms with Gasteiger partial charge in [0.05, 0.1) is 12.2 Å². The molecular weight excluding hydrogens is 174 g/mol. The van der Waals surface area contributed by atoms with Crippen molar-refractivity contribution < 1.29 is 4.74 Å². The van der Waals surface area contributed by atoms with E-state index in [2.05, 4.69) is 46.5 Å². The van der Waals surface area contributed by atoms with Gasteiger partial charge in [0, 0.05) is 12.6 Å². The van der Waals surface area contributed by atoms with Crippen LogP contribution >= 0.6 is 0 Å². The van der Waals surface area contributed by atoms with Crippen LogP contribution < -0.4 is 5.32 Å². The maximum Gasteiger partial charge on any atom is 0.0693 e. The van der Waals surface area contributed by atoms with Crippen LogP contribution in [-0.2, 0) is 4.74 Å². The maximum atomic E-state index is 5.73. The number of hydrogen-bond acceptors (Lipinski definition) is 2. The van der Waals surface area contributed by atoms with Gasteiger partial charge in [0.15, 0.2) is 0 Å². The van der Waals surface area contributed by atoms with Crippen LogP contribution in [-0.4, -0.2) is 24.8 Å². The van der Waals surface area contributed by atoms with E-state index in [1.807, 2.05) is 0 Å². The van der Waals surface area contributed by atoms with E-state index in [1.54, 1.807) is 0 Å². The predicted molar refractivity (Wildman–Crippen MR) is 62.6 cm³/mol. The first-order valence-electron chi connectivity index (χ1n) is 5.41. The first kappa shape index (κ1) is 13.7. The summed E-state index contributed by atoms with van der Waals surface area (Å²) < 4.78 is 5.73. The van der Waals surface area contributed by atoms with Gasteiger partial charge in [0.1, 0.15) is 0 Å². The standard InChI is InChI=1S/C12H25NO/c1-7-12(5,6)14-9-11(4)8-13-10(2)3/h10,13H,4,7-9H2,1-3,5-6H3. The smallest absolute Gasteiger partial charge is 0.0693 e. The summed E-state index contributed by atoms with van der Waals surface area (Å²) in [5.74, 6) is 0. The van der Waals surface area contributed by atoms with Crippen molar-refractivity contribution >= 4 is 0 Å². The van der Waals surface area contributed by atoms with Gasteiger partial charge in [-0.1, -0.05) is 27.4 Å². The Hall–Kier alpha value is -0.340. The summed E-state index contributed by atoms with van der Waals surface area (Å²) in [7, 11) is 0. The first-order valence-corrected chi connectivity index (χ1v) is 5.41. The van der Waals surface area contributed by atoms with Crippen molar-refractivity contribution in [3.05, 3.63) is 12.2 Å². The Balaban J connectivity index is 3.64. The molecule has 0 spiro atoms. The van der Waals surface area contributed by atoms with Crippen molar-refractivity contribution in [1.82, 2.24) is 5.32 Å². The summed E-state index contributed by atoms with van der Waals surface area (Å²) in [6.45, 7) is 16.1. The largest absolute Gasteiger partial charge is 0.371 e. The molecule has 14 heavy (non-hydrogen) atoms. The molecule has 0 aromatic carbocycles. The van der Waals surface area contributed by atoms with Crippen LogP contribution in [0, 0.1) is 0 Å². The van der Waals surface area contributed by atoms with E-state index in [0.29, 0.717) is 12.6 Å². The molecule has 2 nitrogen and oxygen atoms in total. The molecule has 0 fully saturated rings. The zero-order valence-corrected chi connectivity index (χ0v) is 10.3. The highest BCUT2D eigenvalue weighted by Crippen LogP contribution is 2.14. The predicted octanol–water partition coefficient (Wildman–Crippen LogP) is 2.75. The van der Waals surface area contributed by atoms with Gasteiger partial charge in [-0.05, 0) is 25.8 Å². The van der Waals surface area contributed by atoms with Crippen LogP contribution in [0.15, 0.2) is 12.2 Å². The molecule has 0 unspecified atom stereocenters. The molecule has 0 aliphatic heterocycles. The Morgan fingerprint density at radius 3 is 2.43 bits per heavy atom. The third-order valence-electron chi connectivity index (χ3n) is 2.28. The van der Waals surface area contributed by atoms with Gasteiger partial charge in [-0.3, -0.25) is 0 Å². The fraction of sp³-hybridized carbons (Fsp3) is 0.833. The average Bonchev–Trinajstić information content (AvgIpc) is 2.11. The number of hydrogen-bond donors (Lipinski definition) is 1.